The molecule has 138 valence electrons. The number of hydrogen-bond donors (Lipinski definition) is 2. The van der Waals surface area contributed by atoms with E-state index in [1.165, 1.54) is 4.90 Å². The van der Waals surface area contributed by atoms with Gasteiger partial charge in [-0.05, 0) is 31.1 Å². The molecule has 7 heteroatoms. The molecule has 0 saturated carbocycles. The van der Waals surface area contributed by atoms with Crippen LogP contribution in [0.4, 0.5) is 4.79 Å². The molecular weight excluding hydrogens is 310 g/mol. The van der Waals surface area contributed by atoms with Crippen LogP contribution in [0.3, 0.4) is 0 Å². The van der Waals surface area contributed by atoms with Gasteiger partial charge in [-0.2, -0.15) is 0 Å². The second kappa shape index (κ2) is 10.2. The number of carbonyl (C=O) groups excluding carboxylic acids is 2. The minimum absolute atomic E-state index is 0.0724. The molecule has 1 saturated heterocycles. The summed E-state index contributed by atoms with van der Waals surface area (Å²) in [6, 6.07) is -0.0724. The van der Waals surface area contributed by atoms with Crippen molar-refractivity contribution >= 4 is 17.9 Å². The summed E-state index contributed by atoms with van der Waals surface area (Å²) in [5.74, 6) is -0.622. The molecule has 0 aromatic heterocycles. The largest absolute Gasteiger partial charge is 0.480 e. The summed E-state index contributed by atoms with van der Waals surface area (Å²) in [4.78, 5) is 38.6. The van der Waals surface area contributed by atoms with Gasteiger partial charge in [0.1, 0.15) is 6.54 Å². The van der Waals surface area contributed by atoms with E-state index in [0.29, 0.717) is 38.5 Å². The molecule has 1 fully saturated rings. The van der Waals surface area contributed by atoms with Crippen LogP contribution in [0.1, 0.15) is 46.5 Å². The smallest absolute Gasteiger partial charge is 0.323 e. The highest BCUT2D eigenvalue weighted by Gasteiger charge is 2.27. The van der Waals surface area contributed by atoms with Gasteiger partial charge in [0, 0.05) is 32.6 Å². The van der Waals surface area contributed by atoms with Crippen molar-refractivity contribution < 1.29 is 19.5 Å². The van der Waals surface area contributed by atoms with Crippen LogP contribution in [-0.2, 0) is 9.59 Å². The van der Waals surface area contributed by atoms with E-state index in [1.54, 1.807) is 4.90 Å². The molecule has 1 aliphatic rings. The lowest BCUT2D eigenvalue weighted by Gasteiger charge is -2.33. The number of nitrogens with zero attached hydrogens (tertiary/aromatic N) is 2. The Morgan fingerprint density at radius 2 is 2.04 bits per heavy atom. The van der Waals surface area contributed by atoms with Gasteiger partial charge in [-0.25, -0.2) is 4.79 Å². The average molecular weight is 341 g/mol. The second-order valence-electron chi connectivity index (χ2n) is 6.95. The number of rotatable bonds is 8. The highest BCUT2D eigenvalue weighted by molar-refractivity contribution is 5.81. The third kappa shape index (κ3) is 7.19. The molecule has 1 unspecified atom stereocenters. The first-order valence-electron chi connectivity index (χ1n) is 8.85. The molecule has 24 heavy (non-hydrogen) atoms. The van der Waals surface area contributed by atoms with Crippen LogP contribution in [0.25, 0.3) is 0 Å². The molecule has 1 heterocycles. The van der Waals surface area contributed by atoms with Crippen LogP contribution in [0.15, 0.2) is 0 Å². The van der Waals surface area contributed by atoms with Crippen LogP contribution < -0.4 is 5.32 Å². The number of hydrogen-bond acceptors (Lipinski definition) is 3. The zero-order valence-electron chi connectivity index (χ0n) is 15.1. The van der Waals surface area contributed by atoms with Gasteiger partial charge >= 0.3 is 12.0 Å². The fraction of sp³-hybridized carbons (Fsp3) is 0.824. The van der Waals surface area contributed by atoms with Crippen molar-refractivity contribution in [1.82, 2.24) is 15.1 Å². The molecule has 0 bridgehead atoms. The van der Waals surface area contributed by atoms with Gasteiger partial charge < -0.3 is 20.2 Å². The summed E-state index contributed by atoms with van der Waals surface area (Å²) in [5.41, 5.74) is 0. The first-order valence-corrected chi connectivity index (χ1v) is 8.85. The maximum absolute atomic E-state index is 12.4. The minimum atomic E-state index is -0.991. The Kier molecular flexibility index (Phi) is 8.57. The zero-order chi connectivity index (χ0) is 18.1. The molecule has 0 radical (unpaired) electrons. The Hall–Kier alpha value is -1.79. The standard InChI is InChI=1S/C17H31N3O4/c1-4-7-19(12-16(22)23)15(21)9-14-6-5-8-20(11-14)17(24)18-10-13(2)3/h13-14H,4-12H2,1-3H3,(H,18,24)(H,22,23). The van der Waals surface area contributed by atoms with E-state index in [9.17, 15) is 14.4 Å². The van der Waals surface area contributed by atoms with Crippen molar-refractivity contribution in [1.29, 1.82) is 0 Å². The Bertz CT molecular complexity index is 440. The van der Waals surface area contributed by atoms with Crippen LogP contribution in [0.5, 0.6) is 0 Å². The van der Waals surface area contributed by atoms with Crippen molar-refractivity contribution in [2.24, 2.45) is 11.8 Å². The molecule has 0 aliphatic carbocycles. The Labute approximate surface area is 144 Å². The molecule has 3 amide bonds. The number of likely N-dealkylation sites (tertiary alicyclic amines) is 1. The molecule has 1 atom stereocenters. The topological polar surface area (TPSA) is 90.0 Å². The number of piperidine rings is 1. The number of urea groups is 1. The van der Waals surface area contributed by atoms with E-state index in [-0.39, 0.29) is 24.4 Å². The monoisotopic (exact) mass is 341 g/mol. The van der Waals surface area contributed by atoms with E-state index in [0.717, 1.165) is 19.3 Å². The van der Waals surface area contributed by atoms with E-state index in [2.05, 4.69) is 5.32 Å². The lowest BCUT2D eigenvalue weighted by Crippen LogP contribution is -2.47. The SMILES string of the molecule is CCCN(CC(=O)O)C(=O)CC1CCCN(C(=O)NCC(C)C)C1. The van der Waals surface area contributed by atoms with Gasteiger partial charge in [0.05, 0.1) is 0 Å². The lowest BCUT2D eigenvalue weighted by molar-refractivity contribution is -0.145. The van der Waals surface area contributed by atoms with Crippen LogP contribution in [-0.4, -0.2) is 65.5 Å². The average Bonchev–Trinajstić information content (AvgIpc) is 2.52. The summed E-state index contributed by atoms with van der Waals surface area (Å²) >= 11 is 0. The van der Waals surface area contributed by atoms with Crippen LogP contribution >= 0.6 is 0 Å². The van der Waals surface area contributed by atoms with E-state index in [1.807, 2.05) is 20.8 Å². The molecule has 1 aliphatic heterocycles. The van der Waals surface area contributed by atoms with Crippen molar-refractivity contribution in [3.05, 3.63) is 0 Å². The molecule has 0 aromatic carbocycles. The van der Waals surface area contributed by atoms with Gasteiger partial charge in [-0.15, -0.1) is 0 Å². The fourth-order valence-electron chi connectivity index (χ4n) is 2.92. The molecule has 0 aromatic rings. The van der Waals surface area contributed by atoms with E-state index >= 15 is 0 Å². The maximum atomic E-state index is 12.4. The summed E-state index contributed by atoms with van der Waals surface area (Å²) in [5, 5.41) is 11.8. The summed E-state index contributed by atoms with van der Waals surface area (Å²) < 4.78 is 0. The predicted octanol–water partition coefficient (Wildman–Crippen LogP) is 1.78. The van der Waals surface area contributed by atoms with Crippen LogP contribution in [0.2, 0.25) is 0 Å². The third-order valence-electron chi connectivity index (χ3n) is 4.10. The third-order valence-corrected chi connectivity index (χ3v) is 4.10. The fourth-order valence-corrected chi connectivity index (χ4v) is 2.92. The number of amides is 3. The van der Waals surface area contributed by atoms with E-state index < -0.39 is 5.97 Å². The minimum Gasteiger partial charge on any atom is -0.480 e. The van der Waals surface area contributed by atoms with Gasteiger partial charge in [0.25, 0.3) is 0 Å². The van der Waals surface area contributed by atoms with Gasteiger partial charge in [0.2, 0.25) is 5.91 Å². The van der Waals surface area contributed by atoms with Crippen molar-refractivity contribution in [3.8, 4) is 0 Å². The summed E-state index contributed by atoms with van der Waals surface area (Å²) in [7, 11) is 0. The highest BCUT2D eigenvalue weighted by Crippen LogP contribution is 2.20. The zero-order valence-corrected chi connectivity index (χ0v) is 15.1. The van der Waals surface area contributed by atoms with Crippen molar-refractivity contribution in [2.45, 2.75) is 46.5 Å². The van der Waals surface area contributed by atoms with Gasteiger partial charge in [0.15, 0.2) is 0 Å². The molecule has 2 N–H and O–H groups in total. The molecule has 1 rings (SSSR count). The summed E-state index contributed by atoms with van der Waals surface area (Å²) in [6.45, 7) is 8.12. The molecule has 7 nitrogen and oxygen atoms in total. The Balaban J connectivity index is 2.52. The summed E-state index contributed by atoms with van der Waals surface area (Å²) in [6.07, 6.45) is 2.81. The van der Waals surface area contributed by atoms with Crippen LogP contribution in [0, 0.1) is 11.8 Å². The molecule has 0 spiro atoms. The second-order valence-corrected chi connectivity index (χ2v) is 6.95. The Morgan fingerprint density at radius 1 is 1.33 bits per heavy atom. The number of aliphatic carboxylic acids is 1. The molecular formula is C17H31N3O4. The first kappa shape index (κ1) is 20.3. The number of nitrogens with one attached hydrogen (secondary N) is 1. The van der Waals surface area contributed by atoms with Crippen molar-refractivity contribution in [3.63, 3.8) is 0 Å². The highest BCUT2D eigenvalue weighted by atomic mass is 16.4. The lowest BCUT2D eigenvalue weighted by atomic mass is 9.94. The van der Waals surface area contributed by atoms with Gasteiger partial charge in [-0.3, -0.25) is 9.59 Å². The van der Waals surface area contributed by atoms with Gasteiger partial charge in [-0.1, -0.05) is 20.8 Å². The quantitative estimate of drug-likeness (QED) is 0.704. The van der Waals surface area contributed by atoms with E-state index in [4.69, 9.17) is 5.11 Å². The normalized spacial score (nSPS) is 17.7. The Morgan fingerprint density at radius 3 is 2.62 bits per heavy atom. The number of carbonyl (C=O) groups is 3. The maximum Gasteiger partial charge on any atom is 0.323 e. The van der Waals surface area contributed by atoms with Crippen molar-refractivity contribution in [2.75, 3.05) is 32.7 Å². The number of carboxylic acids is 1. The predicted molar refractivity (Wildman–Crippen MR) is 91.7 cm³/mol. The number of carboxylic acid groups (broad SMARTS) is 1. The first-order chi connectivity index (χ1) is 11.3.